The Balaban J connectivity index is 1.92. The van der Waals surface area contributed by atoms with Crippen molar-refractivity contribution in [1.29, 1.82) is 0 Å². The van der Waals surface area contributed by atoms with Gasteiger partial charge >= 0.3 is 0 Å². The molecule has 0 aromatic rings. The molecule has 0 spiro atoms. The largest absolute Gasteiger partial charge is 0.306 e. The van der Waals surface area contributed by atoms with Crippen LogP contribution in [0.4, 0.5) is 0 Å². The van der Waals surface area contributed by atoms with Crippen LogP contribution in [0.5, 0.6) is 0 Å². The van der Waals surface area contributed by atoms with Gasteiger partial charge in [-0.2, -0.15) is 0 Å². The SMILES string of the molecule is CCC12CCC(C1)C13OC21O3. The molecular formula is C9H12O2. The van der Waals surface area contributed by atoms with Crippen molar-refractivity contribution >= 4 is 0 Å². The zero-order valence-electron chi connectivity index (χ0n) is 6.72. The minimum atomic E-state index is -0.0301. The second-order valence-electron chi connectivity index (χ2n) is 4.56. The third-order valence-electron chi connectivity index (χ3n) is 4.49. The summed E-state index contributed by atoms with van der Waals surface area (Å²) in [5, 5.41) is 0. The van der Waals surface area contributed by atoms with Gasteiger partial charge in [-0.05, 0) is 25.7 Å². The molecule has 2 heterocycles. The first-order valence-corrected chi connectivity index (χ1v) is 4.69. The van der Waals surface area contributed by atoms with Crippen molar-refractivity contribution in [2.75, 3.05) is 0 Å². The third kappa shape index (κ3) is 0.295. The number of hydrogen-bond donors (Lipinski definition) is 0. The molecule has 4 rings (SSSR count). The lowest BCUT2D eigenvalue weighted by atomic mass is 9.81. The van der Waals surface area contributed by atoms with E-state index in [4.69, 9.17) is 9.47 Å². The maximum absolute atomic E-state index is 5.68. The molecule has 2 unspecified atom stereocenters. The van der Waals surface area contributed by atoms with Crippen LogP contribution in [0.15, 0.2) is 0 Å². The van der Waals surface area contributed by atoms with E-state index >= 15 is 0 Å². The summed E-state index contributed by atoms with van der Waals surface area (Å²) in [7, 11) is 0. The van der Waals surface area contributed by atoms with E-state index in [1.165, 1.54) is 25.7 Å². The predicted octanol–water partition coefficient (Wildman–Crippen LogP) is 1.65. The molecule has 0 radical (unpaired) electrons. The minimum absolute atomic E-state index is 0.0126. The van der Waals surface area contributed by atoms with Crippen LogP contribution >= 0.6 is 0 Å². The number of rotatable bonds is 1. The Morgan fingerprint density at radius 1 is 1.45 bits per heavy atom. The molecule has 2 aliphatic heterocycles. The van der Waals surface area contributed by atoms with Crippen molar-refractivity contribution in [1.82, 2.24) is 0 Å². The summed E-state index contributed by atoms with van der Waals surface area (Å²) in [5.74, 6) is 0.710. The Morgan fingerprint density at radius 3 is 2.73 bits per heavy atom. The van der Waals surface area contributed by atoms with Crippen LogP contribution in [0, 0.1) is 11.3 Å². The Bertz CT molecular complexity index is 254. The summed E-state index contributed by atoms with van der Waals surface area (Å²) >= 11 is 0. The molecule has 2 nitrogen and oxygen atoms in total. The van der Waals surface area contributed by atoms with Crippen molar-refractivity contribution < 1.29 is 9.47 Å². The number of hydrogen-bond acceptors (Lipinski definition) is 2. The lowest BCUT2D eigenvalue weighted by molar-refractivity contribution is -0.178. The molecular weight excluding hydrogens is 140 g/mol. The van der Waals surface area contributed by atoms with Gasteiger partial charge in [0.05, 0.1) is 0 Å². The first-order valence-electron chi connectivity index (χ1n) is 4.69. The van der Waals surface area contributed by atoms with E-state index in [1.54, 1.807) is 0 Å². The van der Waals surface area contributed by atoms with Crippen LogP contribution in [0.1, 0.15) is 32.6 Å². The molecule has 2 heteroatoms. The average Bonchev–Trinajstić information content (AvgIpc) is 2.73. The summed E-state index contributed by atoms with van der Waals surface area (Å²) < 4.78 is 11.4. The highest BCUT2D eigenvalue weighted by atomic mass is 17.1. The van der Waals surface area contributed by atoms with E-state index in [0.717, 1.165) is 5.92 Å². The second-order valence-corrected chi connectivity index (χ2v) is 4.56. The lowest BCUT2D eigenvalue weighted by Crippen LogP contribution is -2.29. The van der Waals surface area contributed by atoms with Crippen LogP contribution in [0.2, 0.25) is 0 Å². The van der Waals surface area contributed by atoms with Gasteiger partial charge in [0, 0.05) is 11.3 Å². The first kappa shape index (κ1) is 5.55. The van der Waals surface area contributed by atoms with Gasteiger partial charge in [-0.15, -0.1) is 0 Å². The fraction of sp³-hybridized carbons (Fsp3) is 1.00. The molecule has 0 aromatic heterocycles. The topological polar surface area (TPSA) is 25.1 Å². The molecule has 2 aliphatic carbocycles. The fourth-order valence-electron chi connectivity index (χ4n) is 3.71. The molecule has 2 saturated heterocycles. The van der Waals surface area contributed by atoms with Gasteiger partial charge < -0.3 is 9.47 Å². The molecule has 0 aromatic carbocycles. The van der Waals surface area contributed by atoms with Crippen LogP contribution < -0.4 is 0 Å². The average molecular weight is 152 g/mol. The minimum Gasteiger partial charge on any atom is -0.306 e. The number of fused-ring (bicyclic) bond motifs is 2. The summed E-state index contributed by atoms with van der Waals surface area (Å²) in [6, 6.07) is 0. The number of ether oxygens (including phenoxy) is 2. The van der Waals surface area contributed by atoms with Gasteiger partial charge in [0.1, 0.15) is 0 Å². The van der Waals surface area contributed by atoms with E-state index in [1.807, 2.05) is 0 Å². The van der Waals surface area contributed by atoms with Crippen LogP contribution in [-0.4, -0.2) is 11.6 Å². The zero-order chi connectivity index (χ0) is 7.32. The molecule has 2 saturated carbocycles. The van der Waals surface area contributed by atoms with Gasteiger partial charge in [0.15, 0.2) is 0 Å². The lowest BCUT2D eigenvalue weighted by Gasteiger charge is -2.27. The Kier molecular flexibility index (Phi) is 0.549. The fourth-order valence-corrected chi connectivity index (χ4v) is 3.71. The standard InChI is InChI=1S/C9H12O2/c1-2-7-4-3-6(5-7)8-9(7,10-8)11-8/h6H,2-5H2,1H3. The normalized spacial score (nSPS) is 74.5. The van der Waals surface area contributed by atoms with Crippen molar-refractivity contribution in [3.63, 3.8) is 0 Å². The van der Waals surface area contributed by atoms with E-state index in [0.29, 0.717) is 5.41 Å². The van der Waals surface area contributed by atoms with Crippen LogP contribution in [-0.2, 0) is 9.47 Å². The van der Waals surface area contributed by atoms with Gasteiger partial charge in [0.25, 0.3) is 0 Å². The van der Waals surface area contributed by atoms with Crippen molar-refractivity contribution in [3.8, 4) is 0 Å². The molecule has 2 bridgehead atoms. The monoisotopic (exact) mass is 152 g/mol. The second kappa shape index (κ2) is 1.09. The first-order chi connectivity index (χ1) is 5.29. The Morgan fingerprint density at radius 2 is 2.27 bits per heavy atom. The van der Waals surface area contributed by atoms with E-state index in [9.17, 15) is 0 Å². The molecule has 4 aliphatic rings. The Labute approximate surface area is 65.9 Å². The predicted molar refractivity (Wildman–Crippen MR) is 37.7 cm³/mol. The van der Waals surface area contributed by atoms with E-state index in [-0.39, 0.29) is 11.6 Å². The van der Waals surface area contributed by atoms with Crippen molar-refractivity contribution in [2.24, 2.45) is 11.3 Å². The molecule has 2 atom stereocenters. The highest BCUT2D eigenvalue weighted by Gasteiger charge is 3.03. The van der Waals surface area contributed by atoms with Gasteiger partial charge in [-0.1, -0.05) is 6.92 Å². The molecule has 60 valence electrons. The van der Waals surface area contributed by atoms with Crippen molar-refractivity contribution in [3.05, 3.63) is 0 Å². The highest BCUT2D eigenvalue weighted by molar-refractivity contribution is 5.36. The smallest absolute Gasteiger partial charge is 0.235 e. The quantitative estimate of drug-likeness (QED) is 0.534. The van der Waals surface area contributed by atoms with Crippen molar-refractivity contribution in [2.45, 2.75) is 44.2 Å². The summed E-state index contributed by atoms with van der Waals surface area (Å²) in [4.78, 5) is 0. The van der Waals surface area contributed by atoms with Gasteiger partial charge in [-0.25, -0.2) is 0 Å². The maximum atomic E-state index is 5.68. The van der Waals surface area contributed by atoms with Gasteiger partial charge in [0.2, 0.25) is 11.6 Å². The summed E-state index contributed by atoms with van der Waals surface area (Å²) in [5.41, 5.74) is 0.442. The summed E-state index contributed by atoms with van der Waals surface area (Å²) in [6.45, 7) is 2.27. The van der Waals surface area contributed by atoms with E-state index < -0.39 is 0 Å². The van der Waals surface area contributed by atoms with Crippen LogP contribution in [0.25, 0.3) is 0 Å². The van der Waals surface area contributed by atoms with E-state index in [2.05, 4.69) is 6.92 Å². The number of epoxide rings is 2. The molecule has 11 heavy (non-hydrogen) atoms. The molecule has 0 amide bonds. The Hall–Kier alpha value is -0.0800. The molecule has 4 fully saturated rings. The zero-order valence-corrected chi connectivity index (χ0v) is 6.72. The third-order valence-corrected chi connectivity index (χ3v) is 4.49. The van der Waals surface area contributed by atoms with Gasteiger partial charge in [-0.3, -0.25) is 0 Å². The van der Waals surface area contributed by atoms with Crippen LogP contribution in [0.3, 0.4) is 0 Å². The molecule has 0 N–H and O–H groups in total. The maximum Gasteiger partial charge on any atom is 0.235 e. The highest BCUT2D eigenvalue weighted by Crippen LogP contribution is 2.89. The summed E-state index contributed by atoms with van der Waals surface area (Å²) in [6.07, 6.45) is 5.31.